The Hall–Kier alpha value is -2.07. The van der Waals surface area contributed by atoms with Gasteiger partial charge in [0.05, 0.1) is 6.04 Å². The number of hydrogen-bond donors (Lipinski definition) is 2. The maximum absolute atomic E-state index is 12.7. The quantitative estimate of drug-likeness (QED) is 0.873. The minimum absolute atomic E-state index is 0.0730. The Kier molecular flexibility index (Phi) is 3.79. The van der Waals surface area contributed by atoms with E-state index in [1.54, 1.807) is 36.4 Å². The second-order valence-electron chi connectivity index (χ2n) is 3.94. The normalized spacial score (nSPS) is 12.1. The molecule has 18 heavy (non-hydrogen) atoms. The van der Waals surface area contributed by atoms with Crippen LogP contribution in [0.5, 0.6) is 11.5 Å². The second kappa shape index (κ2) is 5.51. The van der Waals surface area contributed by atoms with Gasteiger partial charge in [-0.2, -0.15) is 0 Å². The lowest BCUT2D eigenvalue weighted by molar-refractivity contribution is 0.276. The summed E-state index contributed by atoms with van der Waals surface area (Å²) in [5.74, 6) is 0.159. The predicted molar refractivity (Wildman–Crippen MR) is 66.9 cm³/mol. The van der Waals surface area contributed by atoms with E-state index in [1.807, 2.05) is 0 Å². The summed E-state index contributed by atoms with van der Waals surface area (Å²) in [5.41, 5.74) is 6.70. The first-order chi connectivity index (χ1) is 8.66. The van der Waals surface area contributed by atoms with Crippen LogP contribution in [0.15, 0.2) is 48.5 Å². The summed E-state index contributed by atoms with van der Waals surface area (Å²) in [7, 11) is 0. The van der Waals surface area contributed by atoms with E-state index in [-0.39, 0.29) is 24.2 Å². The molecular formula is C14H14FNO2. The van der Waals surface area contributed by atoms with Crippen LogP contribution in [0.3, 0.4) is 0 Å². The first-order valence-electron chi connectivity index (χ1n) is 5.58. The molecule has 0 saturated carbocycles. The fraction of sp³-hybridized carbons (Fsp3) is 0.143. The van der Waals surface area contributed by atoms with Crippen molar-refractivity contribution in [2.45, 2.75) is 6.04 Å². The third kappa shape index (κ3) is 2.99. The largest absolute Gasteiger partial charge is 0.504 e. The number of ether oxygens (including phenoxy) is 1. The van der Waals surface area contributed by atoms with E-state index in [4.69, 9.17) is 10.5 Å². The first-order valence-corrected chi connectivity index (χ1v) is 5.58. The van der Waals surface area contributed by atoms with Crippen molar-refractivity contribution in [1.82, 2.24) is 0 Å². The van der Waals surface area contributed by atoms with Crippen molar-refractivity contribution in [2.75, 3.05) is 6.61 Å². The smallest absolute Gasteiger partial charge is 0.161 e. The van der Waals surface area contributed by atoms with E-state index in [0.29, 0.717) is 5.75 Å². The van der Waals surface area contributed by atoms with Crippen LogP contribution >= 0.6 is 0 Å². The Balaban J connectivity index is 1.98. The Bertz CT molecular complexity index is 513. The standard InChI is InChI=1S/C14H14FNO2/c15-11-7-5-10(6-8-11)12(16)9-18-14-4-2-1-3-13(14)17/h1-8,12,17H,9,16H2. The molecule has 3 N–H and O–H groups in total. The van der Waals surface area contributed by atoms with Crippen molar-refractivity contribution >= 4 is 0 Å². The number of phenolic OH excluding ortho intramolecular Hbond substituents is 1. The molecule has 2 aromatic carbocycles. The molecule has 0 amide bonds. The molecule has 0 aromatic heterocycles. The van der Waals surface area contributed by atoms with Gasteiger partial charge in [-0.25, -0.2) is 4.39 Å². The second-order valence-corrected chi connectivity index (χ2v) is 3.94. The molecule has 0 radical (unpaired) electrons. The molecule has 0 fully saturated rings. The van der Waals surface area contributed by atoms with Gasteiger partial charge in [0.15, 0.2) is 11.5 Å². The molecule has 2 rings (SSSR count). The monoisotopic (exact) mass is 247 g/mol. The molecule has 0 saturated heterocycles. The SMILES string of the molecule is NC(COc1ccccc1O)c1ccc(F)cc1. The van der Waals surface area contributed by atoms with Crippen LogP contribution in [-0.4, -0.2) is 11.7 Å². The Morgan fingerprint density at radius 2 is 1.78 bits per heavy atom. The number of para-hydroxylation sites is 2. The van der Waals surface area contributed by atoms with Crippen molar-refractivity contribution in [2.24, 2.45) is 5.73 Å². The summed E-state index contributed by atoms with van der Waals surface area (Å²) in [6.45, 7) is 0.212. The highest BCUT2D eigenvalue weighted by atomic mass is 19.1. The van der Waals surface area contributed by atoms with Gasteiger partial charge in [-0.05, 0) is 29.8 Å². The van der Waals surface area contributed by atoms with Crippen molar-refractivity contribution in [3.05, 3.63) is 59.9 Å². The number of halogens is 1. The Morgan fingerprint density at radius 1 is 1.11 bits per heavy atom. The molecule has 0 spiro atoms. The average molecular weight is 247 g/mol. The highest BCUT2D eigenvalue weighted by molar-refractivity contribution is 5.38. The van der Waals surface area contributed by atoms with Crippen LogP contribution in [0.1, 0.15) is 11.6 Å². The molecule has 0 heterocycles. The van der Waals surface area contributed by atoms with Crippen molar-refractivity contribution in [1.29, 1.82) is 0 Å². The summed E-state index contributed by atoms with van der Waals surface area (Å²) in [6.07, 6.45) is 0. The molecular weight excluding hydrogens is 233 g/mol. The van der Waals surface area contributed by atoms with E-state index in [1.165, 1.54) is 12.1 Å². The molecule has 0 aliphatic rings. The molecule has 1 unspecified atom stereocenters. The van der Waals surface area contributed by atoms with Crippen molar-refractivity contribution < 1.29 is 14.2 Å². The number of benzene rings is 2. The zero-order chi connectivity index (χ0) is 13.0. The molecule has 2 aromatic rings. The number of aromatic hydroxyl groups is 1. The maximum atomic E-state index is 12.7. The highest BCUT2D eigenvalue weighted by Gasteiger charge is 2.08. The van der Waals surface area contributed by atoms with Gasteiger partial charge in [0.2, 0.25) is 0 Å². The summed E-state index contributed by atoms with van der Waals surface area (Å²) >= 11 is 0. The minimum atomic E-state index is -0.370. The molecule has 1 atom stereocenters. The summed E-state index contributed by atoms with van der Waals surface area (Å²) in [4.78, 5) is 0. The number of phenols is 1. The van der Waals surface area contributed by atoms with Crippen molar-refractivity contribution in [3.63, 3.8) is 0 Å². The third-order valence-electron chi connectivity index (χ3n) is 2.58. The topological polar surface area (TPSA) is 55.5 Å². The number of nitrogens with two attached hydrogens (primary N) is 1. The molecule has 0 aliphatic heterocycles. The van der Waals surface area contributed by atoms with E-state index < -0.39 is 0 Å². The van der Waals surface area contributed by atoms with Gasteiger partial charge in [0, 0.05) is 0 Å². The fourth-order valence-corrected chi connectivity index (χ4v) is 1.56. The summed E-state index contributed by atoms with van der Waals surface area (Å²) in [6, 6.07) is 12.3. The van der Waals surface area contributed by atoms with Crippen LogP contribution in [0, 0.1) is 5.82 Å². The van der Waals surface area contributed by atoms with E-state index >= 15 is 0 Å². The maximum Gasteiger partial charge on any atom is 0.161 e. The lowest BCUT2D eigenvalue weighted by Gasteiger charge is -2.14. The lowest BCUT2D eigenvalue weighted by Crippen LogP contribution is -2.18. The van der Waals surface area contributed by atoms with Gasteiger partial charge in [-0.3, -0.25) is 0 Å². The summed E-state index contributed by atoms with van der Waals surface area (Å²) in [5, 5.41) is 9.51. The first kappa shape index (κ1) is 12.4. The van der Waals surface area contributed by atoms with Gasteiger partial charge < -0.3 is 15.6 Å². The fourth-order valence-electron chi connectivity index (χ4n) is 1.56. The lowest BCUT2D eigenvalue weighted by atomic mass is 10.1. The number of hydrogen-bond acceptors (Lipinski definition) is 3. The van der Waals surface area contributed by atoms with Crippen molar-refractivity contribution in [3.8, 4) is 11.5 Å². The highest BCUT2D eigenvalue weighted by Crippen LogP contribution is 2.25. The van der Waals surface area contributed by atoms with E-state index in [9.17, 15) is 9.50 Å². The minimum Gasteiger partial charge on any atom is -0.504 e. The van der Waals surface area contributed by atoms with Crippen LogP contribution < -0.4 is 10.5 Å². The molecule has 0 aliphatic carbocycles. The zero-order valence-electron chi connectivity index (χ0n) is 9.71. The van der Waals surface area contributed by atoms with Gasteiger partial charge in [-0.15, -0.1) is 0 Å². The van der Waals surface area contributed by atoms with Crippen LogP contribution in [0.4, 0.5) is 4.39 Å². The van der Waals surface area contributed by atoms with Crippen LogP contribution in [0.25, 0.3) is 0 Å². The molecule has 94 valence electrons. The van der Waals surface area contributed by atoms with E-state index in [2.05, 4.69) is 0 Å². The number of rotatable bonds is 4. The van der Waals surface area contributed by atoms with Crippen LogP contribution in [-0.2, 0) is 0 Å². The zero-order valence-corrected chi connectivity index (χ0v) is 9.71. The van der Waals surface area contributed by atoms with Gasteiger partial charge in [0.25, 0.3) is 0 Å². The molecule has 4 heteroatoms. The molecule has 3 nitrogen and oxygen atoms in total. The average Bonchev–Trinajstić information content (AvgIpc) is 2.38. The van der Waals surface area contributed by atoms with Crippen LogP contribution in [0.2, 0.25) is 0 Å². The Labute approximate surface area is 105 Å². The van der Waals surface area contributed by atoms with Gasteiger partial charge in [-0.1, -0.05) is 24.3 Å². The molecule has 0 bridgehead atoms. The Morgan fingerprint density at radius 3 is 2.44 bits per heavy atom. The van der Waals surface area contributed by atoms with Gasteiger partial charge >= 0.3 is 0 Å². The summed E-state index contributed by atoms with van der Waals surface area (Å²) < 4.78 is 18.2. The van der Waals surface area contributed by atoms with E-state index in [0.717, 1.165) is 5.56 Å². The third-order valence-corrected chi connectivity index (χ3v) is 2.58. The predicted octanol–water partition coefficient (Wildman–Crippen LogP) is 2.61. The van der Waals surface area contributed by atoms with Gasteiger partial charge in [0.1, 0.15) is 12.4 Å².